The molecule has 170 valence electrons. The number of esters is 1. The Labute approximate surface area is 196 Å². The fourth-order valence-electron chi connectivity index (χ4n) is 5.48. The molecule has 2 fully saturated rings. The van der Waals surface area contributed by atoms with E-state index in [2.05, 4.69) is 5.32 Å². The highest BCUT2D eigenvalue weighted by Crippen LogP contribution is 2.78. The van der Waals surface area contributed by atoms with Crippen LogP contribution in [0.3, 0.4) is 0 Å². The minimum absolute atomic E-state index is 0.100. The van der Waals surface area contributed by atoms with Crippen LogP contribution in [0.25, 0.3) is 0 Å². The average molecular weight is 473 g/mol. The van der Waals surface area contributed by atoms with Gasteiger partial charge in [0.1, 0.15) is 6.61 Å². The molecule has 0 radical (unpaired) electrons. The lowest BCUT2D eigenvalue weighted by molar-refractivity contribution is -0.141. The van der Waals surface area contributed by atoms with Crippen molar-refractivity contribution >= 4 is 36.4 Å². The SMILES string of the molecule is Cc1cc(Cl)cc(C)c1NC(=O)C1([P+]2(CC(=O)OCc3ccccc3)CCCC2)CCC1. The van der Waals surface area contributed by atoms with Gasteiger partial charge in [0.05, 0.1) is 12.3 Å². The number of amides is 1. The molecular weight excluding hydrogens is 441 g/mol. The van der Waals surface area contributed by atoms with E-state index in [4.69, 9.17) is 16.3 Å². The molecule has 32 heavy (non-hydrogen) atoms. The number of aryl methyl sites for hydroxylation is 2. The van der Waals surface area contributed by atoms with E-state index in [0.717, 1.165) is 66.8 Å². The van der Waals surface area contributed by atoms with E-state index in [-0.39, 0.29) is 11.9 Å². The van der Waals surface area contributed by atoms with Gasteiger partial charge in [-0.1, -0.05) is 41.9 Å². The maximum absolute atomic E-state index is 13.8. The summed E-state index contributed by atoms with van der Waals surface area (Å²) in [5, 5.41) is 3.54. The van der Waals surface area contributed by atoms with Crippen molar-refractivity contribution in [1.29, 1.82) is 0 Å². The number of ether oxygens (including phenoxy) is 1. The molecule has 0 unspecified atom stereocenters. The average Bonchev–Trinajstić information content (AvgIpc) is 3.18. The fourth-order valence-corrected chi connectivity index (χ4v) is 11.5. The van der Waals surface area contributed by atoms with Crippen LogP contribution < -0.4 is 5.32 Å². The molecule has 2 aromatic rings. The molecule has 1 amide bonds. The molecule has 1 aliphatic carbocycles. The minimum Gasteiger partial charge on any atom is -0.458 e. The first-order chi connectivity index (χ1) is 15.4. The predicted octanol–water partition coefficient (Wildman–Crippen LogP) is 6.37. The van der Waals surface area contributed by atoms with Gasteiger partial charge in [-0.15, -0.1) is 0 Å². The van der Waals surface area contributed by atoms with E-state index in [1.807, 2.05) is 56.3 Å². The van der Waals surface area contributed by atoms with Gasteiger partial charge in [0.15, 0.2) is 11.3 Å². The lowest BCUT2D eigenvalue weighted by Crippen LogP contribution is -2.52. The van der Waals surface area contributed by atoms with Gasteiger partial charge in [0.2, 0.25) is 0 Å². The number of anilines is 1. The van der Waals surface area contributed by atoms with E-state index < -0.39 is 12.4 Å². The van der Waals surface area contributed by atoms with Crippen molar-refractivity contribution in [2.24, 2.45) is 0 Å². The largest absolute Gasteiger partial charge is 0.458 e. The Hall–Kier alpha value is -1.90. The van der Waals surface area contributed by atoms with E-state index in [1.165, 1.54) is 0 Å². The third-order valence-electron chi connectivity index (χ3n) is 7.34. The van der Waals surface area contributed by atoms with E-state index in [9.17, 15) is 9.59 Å². The first kappa shape index (κ1) is 23.3. The van der Waals surface area contributed by atoms with Crippen LogP contribution in [-0.4, -0.2) is 35.5 Å². The third kappa shape index (κ3) is 4.45. The highest BCUT2D eigenvalue weighted by atomic mass is 35.5. The maximum Gasteiger partial charge on any atom is 0.344 e. The summed E-state index contributed by atoms with van der Waals surface area (Å²) in [5.41, 5.74) is 3.79. The van der Waals surface area contributed by atoms with Gasteiger partial charge in [-0.3, -0.25) is 4.79 Å². The zero-order valence-corrected chi connectivity index (χ0v) is 20.6. The molecule has 1 N–H and O–H groups in total. The van der Waals surface area contributed by atoms with Crippen molar-refractivity contribution in [3.05, 3.63) is 64.2 Å². The molecule has 6 heteroatoms. The predicted molar refractivity (Wildman–Crippen MR) is 133 cm³/mol. The van der Waals surface area contributed by atoms with Gasteiger partial charge in [0.25, 0.3) is 5.91 Å². The lowest BCUT2D eigenvalue weighted by atomic mass is 9.83. The molecule has 0 atom stereocenters. The molecule has 0 aromatic heterocycles. The molecule has 1 heterocycles. The number of carbonyl (C=O) groups is 2. The van der Waals surface area contributed by atoms with Crippen LogP contribution >= 0.6 is 18.9 Å². The zero-order chi connectivity index (χ0) is 22.8. The van der Waals surface area contributed by atoms with Crippen LogP contribution in [0.15, 0.2) is 42.5 Å². The second-order valence-electron chi connectivity index (χ2n) is 9.36. The van der Waals surface area contributed by atoms with Crippen LogP contribution in [0.4, 0.5) is 5.69 Å². The van der Waals surface area contributed by atoms with E-state index in [0.29, 0.717) is 17.8 Å². The van der Waals surface area contributed by atoms with Crippen LogP contribution in [0.2, 0.25) is 5.02 Å². The maximum atomic E-state index is 13.8. The van der Waals surface area contributed by atoms with Crippen molar-refractivity contribution in [1.82, 2.24) is 0 Å². The molecule has 4 rings (SSSR count). The molecule has 0 spiro atoms. The molecule has 1 saturated heterocycles. The molecule has 0 bridgehead atoms. The summed E-state index contributed by atoms with van der Waals surface area (Å²) in [7, 11) is -1.80. The van der Waals surface area contributed by atoms with Crippen molar-refractivity contribution in [3.8, 4) is 0 Å². The second kappa shape index (κ2) is 9.53. The summed E-state index contributed by atoms with van der Waals surface area (Å²) < 4.78 is 5.67. The molecule has 2 aromatic carbocycles. The Morgan fingerprint density at radius 1 is 1.03 bits per heavy atom. The smallest absolute Gasteiger partial charge is 0.344 e. The van der Waals surface area contributed by atoms with Gasteiger partial charge < -0.3 is 10.1 Å². The highest BCUT2D eigenvalue weighted by Gasteiger charge is 2.67. The summed E-state index contributed by atoms with van der Waals surface area (Å²) in [6, 6.07) is 13.6. The summed E-state index contributed by atoms with van der Waals surface area (Å²) >= 11 is 6.19. The summed E-state index contributed by atoms with van der Waals surface area (Å²) in [5.74, 6) is -0.0506. The van der Waals surface area contributed by atoms with Crippen molar-refractivity contribution in [2.45, 2.75) is 57.7 Å². The van der Waals surface area contributed by atoms with Gasteiger partial charge in [-0.2, -0.15) is 0 Å². The number of rotatable bonds is 7. The Bertz CT molecular complexity index is 974. The normalized spacial score (nSPS) is 18.6. The van der Waals surface area contributed by atoms with Gasteiger partial charge in [-0.25, -0.2) is 4.79 Å². The molecular formula is C26H32ClNO3P+. The number of hydrogen-bond acceptors (Lipinski definition) is 3. The summed E-state index contributed by atoms with van der Waals surface area (Å²) in [6.07, 6.45) is 7.47. The second-order valence-corrected chi connectivity index (χ2v) is 14.2. The number of nitrogens with one attached hydrogen (secondary N) is 1. The highest BCUT2D eigenvalue weighted by molar-refractivity contribution is 7.79. The van der Waals surface area contributed by atoms with Crippen LogP contribution in [0.5, 0.6) is 0 Å². The zero-order valence-electron chi connectivity index (χ0n) is 19.0. The Kier molecular flexibility index (Phi) is 6.93. The third-order valence-corrected chi connectivity index (χ3v) is 13.2. The Morgan fingerprint density at radius 3 is 2.22 bits per heavy atom. The van der Waals surface area contributed by atoms with Crippen molar-refractivity contribution < 1.29 is 14.3 Å². The first-order valence-corrected chi connectivity index (χ1v) is 14.2. The topological polar surface area (TPSA) is 55.4 Å². The molecule has 1 aliphatic heterocycles. The molecule has 1 saturated carbocycles. The van der Waals surface area contributed by atoms with Crippen molar-refractivity contribution in [2.75, 3.05) is 23.8 Å². The van der Waals surface area contributed by atoms with E-state index in [1.54, 1.807) is 0 Å². The lowest BCUT2D eigenvalue weighted by Gasteiger charge is -2.47. The number of carbonyl (C=O) groups excluding carboxylic acids is 2. The molecule has 2 aliphatic rings. The molecule has 4 nitrogen and oxygen atoms in total. The Morgan fingerprint density at radius 2 is 1.66 bits per heavy atom. The summed E-state index contributed by atoms with van der Waals surface area (Å²) in [6.45, 7) is 4.24. The summed E-state index contributed by atoms with van der Waals surface area (Å²) in [4.78, 5) is 26.7. The standard InChI is InChI=1S/C26H31ClNO3P/c1-19-15-22(27)16-20(2)24(19)28-25(30)26(11-8-12-26)32(13-6-7-14-32)18-23(29)31-17-21-9-4-3-5-10-21/h3-5,9-10,15-16H,6-8,11-14,17-18H2,1-2H3/p+1. The van der Waals surface area contributed by atoms with E-state index >= 15 is 0 Å². The monoisotopic (exact) mass is 472 g/mol. The fraction of sp³-hybridized carbons (Fsp3) is 0.462. The van der Waals surface area contributed by atoms with Gasteiger partial charge in [-0.05, 0) is 74.8 Å². The van der Waals surface area contributed by atoms with Gasteiger partial charge in [0, 0.05) is 18.0 Å². The minimum atomic E-state index is -1.80. The Balaban J connectivity index is 1.53. The number of benzene rings is 2. The van der Waals surface area contributed by atoms with Crippen LogP contribution in [-0.2, 0) is 20.9 Å². The van der Waals surface area contributed by atoms with Crippen LogP contribution in [0, 0.1) is 13.8 Å². The quantitative estimate of drug-likeness (QED) is 0.376. The van der Waals surface area contributed by atoms with Gasteiger partial charge >= 0.3 is 5.97 Å². The number of hydrogen-bond donors (Lipinski definition) is 1. The van der Waals surface area contributed by atoms with Crippen LogP contribution in [0.1, 0.15) is 48.8 Å². The van der Waals surface area contributed by atoms with Crippen molar-refractivity contribution in [3.63, 3.8) is 0 Å². The number of halogens is 1. The first-order valence-electron chi connectivity index (χ1n) is 11.5.